The SMILES string of the molecule is [CH3][Sn]([CH3])([CH3])[c]1c(Cl)c(Cl)c(Cl)c(Cl)c1Cl. The molecule has 0 saturated heterocycles. The Balaban J connectivity index is 3.68. The minimum absolute atomic E-state index is 0.229. The van der Waals surface area contributed by atoms with Gasteiger partial charge in [-0.3, -0.25) is 0 Å². The summed E-state index contributed by atoms with van der Waals surface area (Å²) >= 11 is 27.7. The predicted octanol–water partition coefficient (Wildman–Crippen LogP) is 5.50. The van der Waals surface area contributed by atoms with Crippen LogP contribution in [0.2, 0.25) is 39.9 Å². The molecule has 0 amide bonds. The van der Waals surface area contributed by atoms with Gasteiger partial charge in [-0.2, -0.15) is 0 Å². The second-order valence-corrected chi connectivity index (χ2v) is 20.4. The zero-order valence-corrected chi connectivity index (χ0v) is 15.0. The molecular formula is C9H9Cl5Sn. The van der Waals surface area contributed by atoms with E-state index in [-0.39, 0.29) is 5.02 Å². The van der Waals surface area contributed by atoms with Crippen LogP contribution in [0.3, 0.4) is 0 Å². The van der Waals surface area contributed by atoms with Crippen LogP contribution in [-0.4, -0.2) is 18.4 Å². The molecule has 0 atom stereocenters. The molecule has 0 aliphatic heterocycles. The fourth-order valence-corrected chi connectivity index (χ4v) is 11.1. The molecule has 0 nitrogen and oxygen atoms in total. The summed E-state index contributed by atoms with van der Waals surface area (Å²) in [5.74, 6) is 0. The monoisotopic (exact) mass is 412 g/mol. The van der Waals surface area contributed by atoms with E-state index in [4.69, 9.17) is 58.0 Å². The van der Waals surface area contributed by atoms with Gasteiger partial charge in [-0.25, -0.2) is 0 Å². The fourth-order valence-electron chi connectivity index (χ4n) is 1.26. The molecule has 1 aromatic carbocycles. The van der Waals surface area contributed by atoms with Gasteiger partial charge in [-0.15, -0.1) is 0 Å². The molecule has 84 valence electrons. The number of hydrogen-bond donors (Lipinski definition) is 0. The van der Waals surface area contributed by atoms with Crippen LogP contribution < -0.4 is 3.58 Å². The van der Waals surface area contributed by atoms with Crippen molar-refractivity contribution >= 4 is 80.0 Å². The fraction of sp³-hybridized carbons (Fsp3) is 0.333. The van der Waals surface area contributed by atoms with Crippen LogP contribution in [0.25, 0.3) is 0 Å². The Labute approximate surface area is 119 Å². The van der Waals surface area contributed by atoms with Crippen molar-refractivity contribution in [3.8, 4) is 0 Å². The van der Waals surface area contributed by atoms with E-state index in [1.165, 1.54) is 0 Å². The quantitative estimate of drug-likeness (QED) is 0.324. The van der Waals surface area contributed by atoms with E-state index >= 15 is 0 Å². The van der Waals surface area contributed by atoms with E-state index in [0.29, 0.717) is 20.1 Å². The number of benzene rings is 1. The molecule has 0 aromatic heterocycles. The molecule has 0 radical (unpaired) electrons. The van der Waals surface area contributed by atoms with E-state index in [1.54, 1.807) is 0 Å². The van der Waals surface area contributed by atoms with Gasteiger partial charge in [0.1, 0.15) is 0 Å². The summed E-state index contributed by atoms with van der Waals surface area (Å²) in [7, 11) is 0. The van der Waals surface area contributed by atoms with Crippen LogP contribution in [-0.2, 0) is 0 Å². The maximum absolute atomic E-state index is 6.15. The molecule has 0 aliphatic carbocycles. The second kappa shape index (κ2) is 4.99. The Bertz CT molecular complexity index is 379. The van der Waals surface area contributed by atoms with Gasteiger partial charge in [-0.05, 0) is 0 Å². The van der Waals surface area contributed by atoms with Gasteiger partial charge in [0.25, 0.3) is 0 Å². The van der Waals surface area contributed by atoms with E-state index in [2.05, 4.69) is 14.8 Å². The van der Waals surface area contributed by atoms with Crippen LogP contribution in [0.5, 0.6) is 0 Å². The van der Waals surface area contributed by atoms with Crippen LogP contribution in [0.1, 0.15) is 0 Å². The van der Waals surface area contributed by atoms with Crippen molar-refractivity contribution in [1.82, 2.24) is 0 Å². The summed E-state index contributed by atoms with van der Waals surface area (Å²) in [5, 5.41) is 1.75. The number of halogens is 5. The van der Waals surface area contributed by atoms with Crippen molar-refractivity contribution in [1.29, 1.82) is 0 Å². The average Bonchev–Trinajstić information content (AvgIpc) is 2.09. The van der Waals surface area contributed by atoms with E-state index < -0.39 is 18.4 Å². The Hall–Kier alpha value is 1.47. The Morgan fingerprint density at radius 3 is 1.13 bits per heavy atom. The summed E-state index contributed by atoms with van der Waals surface area (Å²) in [6.45, 7) is 0. The van der Waals surface area contributed by atoms with Crippen LogP contribution in [0.15, 0.2) is 0 Å². The summed E-state index contributed by atoms with van der Waals surface area (Å²) in [6, 6.07) is 0. The van der Waals surface area contributed by atoms with E-state index in [1.807, 2.05) is 0 Å². The van der Waals surface area contributed by atoms with Gasteiger partial charge in [-0.1, -0.05) is 0 Å². The summed E-state index contributed by atoms with van der Waals surface area (Å²) in [5.41, 5.74) is 0. The molecule has 0 spiro atoms. The topological polar surface area (TPSA) is 0 Å². The van der Waals surface area contributed by atoms with E-state index in [0.717, 1.165) is 3.58 Å². The minimum atomic E-state index is -2.44. The molecule has 0 aliphatic rings. The first kappa shape index (κ1) is 14.5. The van der Waals surface area contributed by atoms with Gasteiger partial charge in [0.05, 0.1) is 0 Å². The van der Waals surface area contributed by atoms with Crippen LogP contribution in [0, 0.1) is 0 Å². The van der Waals surface area contributed by atoms with Crippen molar-refractivity contribution < 1.29 is 0 Å². The third-order valence-electron chi connectivity index (χ3n) is 1.96. The van der Waals surface area contributed by atoms with Crippen molar-refractivity contribution in [2.24, 2.45) is 0 Å². The first-order valence-electron chi connectivity index (χ1n) is 4.19. The molecule has 0 bridgehead atoms. The number of rotatable bonds is 1. The van der Waals surface area contributed by atoms with Crippen LogP contribution >= 0.6 is 58.0 Å². The summed E-state index contributed by atoms with van der Waals surface area (Å²) < 4.78 is 0.923. The second-order valence-electron chi connectivity index (χ2n) is 4.19. The molecule has 0 unspecified atom stereocenters. The molecule has 1 aromatic rings. The van der Waals surface area contributed by atoms with Gasteiger partial charge in [0.15, 0.2) is 0 Å². The molecule has 0 heterocycles. The molecule has 0 saturated carbocycles. The number of hydrogen-bond acceptors (Lipinski definition) is 0. The van der Waals surface area contributed by atoms with Crippen molar-refractivity contribution in [2.45, 2.75) is 14.8 Å². The van der Waals surface area contributed by atoms with E-state index in [9.17, 15) is 0 Å². The molecule has 0 fully saturated rings. The Morgan fingerprint density at radius 1 is 0.600 bits per heavy atom. The maximum atomic E-state index is 6.15. The molecule has 6 heteroatoms. The Morgan fingerprint density at radius 2 is 0.867 bits per heavy atom. The molecule has 1 rings (SSSR count). The van der Waals surface area contributed by atoms with Gasteiger partial charge in [0, 0.05) is 0 Å². The van der Waals surface area contributed by atoms with Gasteiger partial charge < -0.3 is 0 Å². The first-order valence-corrected chi connectivity index (χ1v) is 16.1. The Kier molecular flexibility index (Phi) is 4.84. The van der Waals surface area contributed by atoms with Crippen LogP contribution in [0.4, 0.5) is 0 Å². The normalized spacial score (nSPS) is 12.0. The van der Waals surface area contributed by atoms with Crippen molar-refractivity contribution in [3.63, 3.8) is 0 Å². The summed E-state index contributed by atoms with van der Waals surface area (Å²) in [6.07, 6.45) is 0. The molecule has 15 heavy (non-hydrogen) atoms. The van der Waals surface area contributed by atoms with Gasteiger partial charge in [0.2, 0.25) is 0 Å². The summed E-state index contributed by atoms with van der Waals surface area (Å²) in [4.78, 5) is 6.55. The standard InChI is InChI=1S/C6Cl5.3CH3.Sn/c7-2-1-3(8)5(10)6(11)4(2)9;;;;/h;3*1H3;. The zero-order chi connectivity index (χ0) is 12.0. The average molecular weight is 413 g/mol. The third-order valence-corrected chi connectivity index (χ3v) is 10.8. The predicted molar refractivity (Wildman–Crippen MR) is 74.5 cm³/mol. The zero-order valence-electron chi connectivity index (χ0n) is 8.39. The molecule has 0 N–H and O–H groups in total. The third kappa shape index (κ3) is 2.83. The van der Waals surface area contributed by atoms with Gasteiger partial charge >= 0.3 is 120 Å². The van der Waals surface area contributed by atoms with Crippen molar-refractivity contribution in [3.05, 3.63) is 25.1 Å². The molecular weight excluding hydrogens is 404 g/mol. The first-order chi connectivity index (χ1) is 6.68. The van der Waals surface area contributed by atoms with Crippen molar-refractivity contribution in [2.75, 3.05) is 0 Å².